The summed E-state index contributed by atoms with van der Waals surface area (Å²) >= 11 is 0. The van der Waals surface area contributed by atoms with Gasteiger partial charge in [-0.15, -0.1) is 0 Å². The van der Waals surface area contributed by atoms with Crippen molar-refractivity contribution < 1.29 is 0 Å². The van der Waals surface area contributed by atoms with Gasteiger partial charge in [0, 0.05) is 0 Å². The molecule has 0 radical (unpaired) electrons. The molecule has 16 heavy (non-hydrogen) atoms. The number of rotatable bonds is 8. The van der Waals surface area contributed by atoms with Crippen LogP contribution in [-0.2, 0) is 0 Å². The van der Waals surface area contributed by atoms with Gasteiger partial charge in [-0.2, -0.15) is 0 Å². The van der Waals surface area contributed by atoms with Crippen molar-refractivity contribution in [3.05, 3.63) is 11.1 Å². The quantitative estimate of drug-likeness (QED) is 0.460. The molecule has 0 fully saturated rings. The lowest BCUT2D eigenvalue weighted by Gasteiger charge is -2.32. The lowest BCUT2D eigenvalue weighted by Crippen LogP contribution is -2.22. The summed E-state index contributed by atoms with van der Waals surface area (Å²) in [7, 11) is 0. The molecule has 1 rings (SSSR count). The zero-order chi connectivity index (χ0) is 12.2. The van der Waals surface area contributed by atoms with Crippen molar-refractivity contribution in [3.63, 3.8) is 0 Å². The average Bonchev–Trinajstić information content (AvgIpc) is 2.98. The molecule has 0 saturated carbocycles. The van der Waals surface area contributed by atoms with Gasteiger partial charge in [0.05, 0.1) is 0 Å². The van der Waals surface area contributed by atoms with Crippen molar-refractivity contribution in [3.8, 4) is 0 Å². The first-order valence-corrected chi connectivity index (χ1v) is 7.24. The SMILES string of the molecule is CCCC1=C(CCC(CC)C(C)(C)CC)C1. The highest BCUT2D eigenvalue weighted by molar-refractivity contribution is 5.34. The minimum Gasteiger partial charge on any atom is -0.0666 e. The summed E-state index contributed by atoms with van der Waals surface area (Å²) in [6, 6.07) is 0. The van der Waals surface area contributed by atoms with E-state index in [-0.39, 0.29) is 0 Å². The summed E-state index contributed by atoms with van der Waals surface area (Å²) < 4.78 is 0. The first-order chi connectivity index (χ1) is 7.55. The summed E-state index contributed by atoms with van der Waals surface area (Å²) in [5.41, 5.74) is 4.12. The maximum absolute atomic E-state index is 2.44. The molecule has 0 nitrogen and oxygen atoms in total. The molecule has 0 heterocycles. The van der Waals surface area contributed by atoms with Crippen LogP contribution in [0.4, 0.5) is 0 Å². The summed E-state index contributed by atoms with van der Waals surface area (Å²) in [5, 5.41) is 0. The molecule has 0 aromatic rings. The molecule has 0 saturated heterocycles. The topological polar surface area (TPSA) is 0 Å². The molecule has 0 amide bonds. The highest BCUT2D eigenvalue weighted by atomic mass is 14.3. The lowest BCUT2D eigenvalue weighted by molar-refractivity contribution is 0.185. The predicted molar refractivity (Wildman–Crippen MR) is 73.6 cm³/mol. The van der Waals surface area contributed by atoms with Crippen LogP contribution >= 0.6 is 0 Å². The van der Waals surface area contributed by atoms with Crippen molar-refractivity contribution in [1.82, 2.24) is 0 Å². The van der Waals surface area contributed by atoms with Gasteiger partial charge in [-0.05, 0) is 37.0 Å². The average molecular weight is 222 g/mol. The van der Waals surface area contributed by atoms with Gasteiger partial charge in [0.2, 0.25) is 0 Å². The van der Waals surface area contributed by atoms with Crippen LogP contribution in [0.1, 0.15) is 79.6 Å². The lowest BCUT2D eigenvalue weighted by atomic mass is 9.73. The van der Waals surface area contributed by atoms with E-state index in [2.05, 4.69) is 34.6 Å². The Bertz CT molecular complexity index is 245. The van der Waals surface area contributed by atoms with Gasteiger partial charge >= 0.3 is 0 Å². The van der Waals surface area contributed by atoms with Crippen LogP contribution in [0.25, 0.3) is 0 Å². The van der Waals surface area contributed by atoms with Crippen LogP contribution in [0.3, 0.4) is 0 Å². The molecule has 1 atom stereocenters. The Morgan fingerprint density at radius 2 is 1.69 bits per heavy atom. The first-order valence-electron chi connectivity index (χ1n) is 7.24. The first kappa shape index (κ1) is 13.8. The Hall–Kier alpha value is -0.260. The second-order valence-corrected chi connectivity index (χ2v) is 6.12. The van der Waals surface area contributed by atoms with E-state index >= 15 is 0 Å². The van der Waals surface area contributed by atoms with E-state index in [0.717, 1.165) is 5.92 Å². The Kier molecular flexibility index (Phi) is 5.08. The Labute approximate surface area is 103 Å². The summed E-state index contributed by atoms with van der Waals surface area (Å²) in [4.78, 5) is 0. The third-order valence-electron chi connectivity index (χ3n) is 4.66. The van der Waals surface area contributed by atoms with Crippen molar-refractivity contribution in [2.45, 2.75) is 79.6 Å². The van der Waals surface area contributed by atoms with E-state index in [1.807, 2.05) is 0 Å². The molecule has 0 N–H and O–H groups in total. The maximum Gasteiger partial charge on any atom is -0.0103 e. The van der Waals surface area contributed by atoms with Gasteiger partial charge in [-0.25, -0.2) is 0 Å². The molecule has 94 valence electrons. The predicted octanol–water partition coefficient (Wildman–Crippen LogP) is 5.73. The molecule has 1 aliphatic rings. The molecule has 0 heteroatoms. The molecule has 1 unspecified atom stereocenters. The summed E-state index contributed by atoms with van der Waals surface area (Å²) in [5.74, 6) is 0.911. The Balaban J connectivity index is 2.36. The van der Waals surface area contributed by atoms with Gasteiger partial charge in [-0.1, -0.05) is 65.0 Å². The number of hydrogen-bond acceptors (Lipinski definition) is 0. The van der Waals surface area contributed by atoms with Crippen LogP contribution in [-0.4, -0.2) is 0 Å². The fourth-order valence-corrected chi connectivity index (χ4v) is 2.83. The fraction of sp³-hybridized carbons (Fsp3) is 0.875. The largest absolute Gasteiger partial charge is 0.0666 e. The molecule has 0 aromatic carbocycles. The van der Waals surface area contributed by atoms with E-state index < -0.39 is 0 Å². The van der Waals surface area contributed by atoms with Crippen molar-refractivity contribution in [2.75, 3.05) is 0 Å². The molecule has 0 aromatic heterocycles. The van der Waals surface area contributed by atoms with Gasteiger partial charge < -0.3 is 0 Å². The third kappa shape index (κ3) is 3.64. The van der Waals surface area contributed by atoms with Crippen molar-refractivity contribution in [1.29, 1.82) is 0 Å². The zero-order valence-corrected chi connectivity index (χ0v) is 12.0. The number of hydrogen-bond donors (Lipinski definition) is 0. The molecule has 0 aliphatic heterocycles. The molecule has 0 bridgehead atoms. The smallest absolute Gasteiger partial charge is 0.0103 e. The normalized spacial score (nSPS) is 17.8. The van der Waals surface area contributed by atoms with E-state index in [0.29, 0.717) is 5.41 Å². The maximum atomic E-state index is 2.44. The minimum absolute atomic E-state index is 0.537. The van der Waals surface area contributed by atoms with Crippen LogP contribution < -0.4 is 0 Å². The van der Waals surface area contributed by atoms with Gasteiger partial charge in [0.25, 0.3) is 0 Å². The van der Waals surface area contributed by atoms with E-state index in [4.69, 9.17) is 0 Å². The second kappa shape index (κ2) is 5.89. The molecule has 0 spiro atoms. The second-order valence-electron chi connectivity index (χ2n) is 6.12. The monoisotopic (exact) mass is 222 g/mol. The van der Waals surface area contributed by atoms with Gasteiger partial charge in [0.1, 0.15) is 0 Å². The van der Waals surface area contributed by atoms with Crippen LogP contribution in [0, 0.1) is 11.3 Å². The van der Waals surface area contributed by atoms with E-state index in [9.17, 15) is 0 Å². The van der Waals surface area contributed by atoms with Crippen LogP contribution in [0.5, 0.6) is 0 Å². The molecular weight excluding hydrogens is 192 g/mol. The molecular formula is C16H30. The number of allylic oxidation sites excluding steroid dienone is 2. The summed E-state index contributed by atoms with van der Waals surface area (Å²) in [6.45, 7) is 11.9. The fourth-order valence-electron chi connectivity index (χ4n) is 2.83. The van der Waals surface area contributed by atoms with Crippen molar-refractivity contribution in [2.24, 2.45) is 11.3 Å². The highest BCUT2D eigenvalue weighted by Gasteiger charge is 2.28. The minimum atomic E-state index is 0.537. The van der Waals surface area contributed by atoms with Crippen molar-refractivity contribution >= 4 is 0 Å². The van der Waals surface area contributed by atoms with E-state index in [1.165, 1.54) is 44.9 Å². The highest BCUT2D eigenvalue weighted by Crippen LogP contribution is 2.42. The third-order valence-corrected chi connectivity index (χ3v) is 4.66. The zero-order valence-electron chi connectivity index (χ0n) is 12.0. The summed E-state index contributed by atoms with van der Waals surface area (Å²) in [6.07, 6.45) is 9.53. The van der Waals surface area contributed by atoms with Gasteiger partial charge in [-0.3, -0.25) is 0 Å². The molecule has 1 aliphatic carbocycles. The van der Waals surface area contributed by atoms with Crippen LogP contribution in [0.2, 0.25) is 0 Å². The Morgan fingerprint density at radius 1 is 1.06 bits per heavy atom. The van der Waals surface area contributed by atoms with E-state index in [1.54, 1.807) is 11.1 Å². The Morgan fingerprint density at radius 3 is 2.19 bits per heavy atom. The standard InChI is InChI=1S/C16H30/c1-6-9-13-12-14(13)10-11-15(7-2)16(4,5)8-3/h15H,6-12H2,1-5H3. The van der Waals surface area contributed by atoms with Crippen LogP contribution in [0.15, 0.2) is 11.1 Å². The van der Waals surface area contributed by atoms with Gasteiger partial charge in [0.15, 0.2) is 0 Å².